The molecule has 3 unspecified atom stereocenters. The highest BCUT2D eigenvalue weighted by Gasteiger charge is 2.38. The Labute approximate surface area is 226 Å². The lowest BCUT2D eigenvalue weighted by Gasteiger charge is -2.35. The van der Waals surface area contributed by atoms with Crippen LogP contribution in [0.25, 0.3) is 0 Å². The summed E-state index contributed by atoms with van der Waals surface area (Å²) >= 11 is 0. The Morgan fingerprint density at radius 3 is 2.18 bits per heavy atom. The molecule has 0 saturated carbocycles. The van der Waals surface area contributed by atoms with Crippen molar-refractivity contribution in [3.05, 3.63) is 70.8 Å². The average molecular weight is 521 g/mol. The lowest BCUT2D eigenvalue weighted by atomic mass is 9.94. The van der Waals surface area contributed by atoms with Gasteiger partial charge in [-0.05, 0) is 51.7 Å². The number of carbonyl (C=O) groups excluding carboxylic acids is 3. The molecular formula is C30H40N4O4. The normalized spacial score (nSPS) is 13.4. The molecule has 0 radical (unpaired) electrons. The van der Waals surface area contributed by atoms with Crippen LogP contribution in [0.5, 0.6) is 0 Å². The van der Waals surface area contributed by atoms with E-state index in [-0.39, 0.29) is 19.0 Å². The summed E-state index contributed by atoms with van der Waals surface area (Å²) in [4.78, 5) is 41.6. The van der Waals surface area contributed by atoms with E-state index in [1.807, 2.05) is 82.3 Å². The third-order valence-corrected chi connectivity index (χ3v) is 6.10. The molecule has 204 valence electrons. The van der Waals surface area contributed by atoms with Crippen molar-refractivity contribution in [3.8, 4) is 6.07 Å². The largest absolute Gasteiger partial charge is 0.444 e. The standard InChI is InChI=1S/C30H40N4O4/c1-8-22(4)25(33-29(37)38-30(5,6)7)28(36)34(15-14-31)26(24-17-20(2)16-21(3)18-24)27(35)32-19-23-12-10-9-11-13-23/h9-13,16-18,22,25-26H,8,15,19H2,1-7H3,(H,32,35)(H,33,37). The van der Waals surface area contributed by atoms with Crippen LogP contribution in [0.1, 0.15) is 69.3 Å². The van der Waals surface area contributed by atoms with Crippen molar-refractivity contribution in [3.63, 3.8) is 0 Å². The molecule has 2 aromatic rings. The van der Waals surface area contributed by atoms with Crippen LogP contribution in [0.4, 0.5) is 4.79 Å². The second-order valence-corrected chi connectivity index (χ2v) is 10.7. The van der Waals surface area contributed by atoms with Crippen LogP contribution in [-0.2, 0) is 20.9 Å². The van der Waals surface area contributed by atoms with Gasteiger partial charge in [0.05, 0.1) is 6.07 Å². The van der Waals surface area contributed by atoms with Gasteiger partial charge in [-0.3, -0.25) is 9.59 Å². The minimum atomic E-state index is -1.07. The molecule has 0 heterocycles. The predicted octanol–water partition coefficient (Wildman–Crippen LogP) is 4.95. The molecule has 0 spiro atoms. The van der Waals surface area contributed by atoms with Crippen LogP contribution in [-0.4, -0.2) is 41.0 Å². The first-order chi connectivity index (χ1) is 17.9. The highest BCUT2D eigenvalue weighted by Crippen LogP contribution is 2.26. The molecule has 38 heavy (non-hydrogen) atoms. The Morgan fingerprint density at radius 2 is 1.66 bits per heavy atom. The summed E-state index contributed by atoms with van der Waals surface area (Å²) < 4.78 is 5.40. The third kappa shape index (κ3) is 8.91. The molecule has 8 nitrogen and oxygen atoms in total. The van der Waals surface area contributed by atoms with Crippen molar-refractivity contribution < 1.29 is 19.1 Å². The van der Waals surface area contributed by atoms with Gasteiger partial charge in [-0.2, -0.15) is 5.26 Å². The van der Waals surface area contributed by atoms with Crippen LogP contribution in [0.2, 0.25) is 0 Å². The average Bonchev–Trinajstić information content (AvgIpc) is 2.84. The van der Waals surface area contributed by atoms with E-state index in [4.69, 9.17) is 4.74 Å². The first-order valence-electron chi connectivity index (χ1n) is 12.9. The van der Waals surface area contributed by atoms with Gasteiger partial charge in [-0.1, -0.05) is 79.9 Å². The topological polar surface area (TPSA) is 112 Å². The fourth-order valence-corrected chi connectivity index (χ4v) is 4.19. The Kier molecular flexibility index (Phi) is 10.9. The van der Waals surface area contributed by atoms with Gasteiger partial charge < -0.3 is 20.3 Å². The highest BCUT2D eigenvalue weighted by atomic mass is 16.6. The number of carbonyl (C=O) groups is 3. The molecule has 0 aliphatic carbocycles. The molecule has 3 amide bonds. The first kappa shape index (κ1) is 30.4. The monoisotopic (exact) mass is 520 g/mol. The van der Waals surface area contributed by atoms with Crippen molar-refractivity contribution in [2.24, 2.45) is 5.92 Å². The SMILES string of the molecule is CCC(C)C(NC(=O)OC(C)(C)C)C(=O)N(CC#N)C(C(=O)NCc1ccccc1)c1cc(C)cc(C)c1. The lowest BCUT2D eigenvalue weighted by Crippen LogP contribution is -2.55. The second kappa shape index (κ2) is 13.6. The summed E-state index contributed by atoms with van der Waals surface area (Å²) in [6, 6.07) is 15.1. The van der Waals surface area contributed by atoms with E-state index >= 15 is 0 Å². The van der Waals surface area contributed by atoms with Gasteiger partial charge >= 0.3 is 6.09 Å². The van der Waals surface area contributed by atoms with Crippen LogP contribution in [0.15, 0.2) is 48.5 Å². The zero-order chi connectivity index (χ0) is 28.5. The zero-order valence-electron chi connectivity index (χ0n) is 23.5. The number of nitrogens with zero attached hydrogens (tertiary/aromatic N) is 2. The van der Waals surface area contributed by atoms with Crippen molar-refractivity contribution >= 4 is 17.9 Å². The maximum atomic E-state index is 14.0. The van der Waals surface area contributed by atoms with Crippen molar-refractivity contribution in [1.29, 1.82) is 5.26 Å². The number of ether oxygens (including phenoxy) is 1. The van der Waals surface area contributed by atoms with E-state index in [1.54, 1.807) is 20.8 Å². The van der Waals surface area contributed by atoms with E-state index in [9.17, 15) is 19.6 Å². The highest BCUT2D eigenvalue weighted by molar-refractivity contribution is 5.92. The maximum Gasteiger partial charge on any atom is 0.408 e. The molecule has 2 aromatic carbocycles. The summed E-state index contributed by atoms with van der Waals surface area (Å²) in [5.41, 5.74) is 2.60. The van der Waals surface area contributed by atoms with Gasteiger partial charge in [0.15, 0.2) is 0 Å². The van der Waals surface area contributed by atoms with Gasteiger partial charge in [-0.15, -0.1) is 0 Å². The number of nitrogens with one attached hydrogen (secondary N) is 2. The Bertz CT molecular complexity index is 1130. The first-order valence-corrected chi connectivity index (χ1v) is 12.9. The molecule has 8 heteroatoms. The van der Waals surface area contributed by atoms with Crippen molar-refractivity contribution in [2.75, 3.05) is 6.54 Å². The number of hydrogen-bond acceptors (Lipinski definition) is 5. The molecule has 0 aromatic heterocycles. The fraction of sp³-hybridized carbons (Fsp3) is 0.467. The molecule has 2 rings (SSSR count). The second-order valence-electron chi connectivity index (χ2n) is 10.7. The molecule has 0 aliphatic rings. The van der Waals surface area contributed by atoms with Gasteiger partial charge in [0, 0.05) is 6.54 Å². The maximum absolute atomic E-state index is 14.0. The molecule has 0 saturated heterocycles. The Balaban J connectivity index is 2.50. The fourth-order valence-electron chi connectivity index (χ4n) is 4.19. The predicted molar refractivity (Wildman–Crippen MR) is 147 cm³/mol. The van der Waals surface area contributed by atoms with Gasteiger partial charge in [0.25, 0.3) is 0 Å². The minimum Gasteiger partial charge on any atom is -0.444 e. The lowest BCUT2D eigenvalue weighted by molar-refractivity contribution is -0.142. The van der Waals surface area contributed by atoms with Gasteiger partial charge in [0.2, 0.25) is 11.8 Å². The summed E-state index contributed by atoms with van der Waals surface area (Å²) in [5.74, 6) is -1.21. The summed E-state index contributed by atoms with van der Waals surface area (Å²) in [7, 11) is 0. The van der Waals surface area contributed by atoms with E-state index in [0.29, 0.717) is 12.0 Å². The van der Waals surface area contributed by atoms with Gasteiger partial charge in [0.1, 0.15) is 24.2 Å². The van der Waals surface area contributed by atoms with Crippen LogP contribution in [0.3, 0.4) is 0 Å². The molecule has 0 bridgehead atoms. The number of amides is 3. The minimum absolute atomic E-state index is 0.264. The van der Waals surface area contributed by atoms with E-state index in [2.05, 4.69) is 10.6 Å². The zero-order valence-corrected chi connectivity index (χ0v) is 23.5. The number of alkyl carbamates (subject to hydrolysis) is 1. The van der Waals surface area contributed by atoms with E-state index in [0.717, 1.165) is 16.7 Å². The van der Waals surface area contributed by atoms with Crippen molar-refractivity contribution in [2.45, 2.75) is 79.1 Å². The van der Waals surface area contributed by atoms with Crippen LogP contribution < -0.4 is 10.6 Å². The number of rotatable bonds is 10. The molecule has 2 N–H and O–H groups in total. The summed E-state index contributed by atoms with van der Waals surface area (Å²) in [6.45, 7) is 12.7. The van der Waals surface area contributed by atoms with Crippen LogP contribution in [0, 0.1) is 31.1 Å². The quantitative estimate of drug-likeness (QED) is 0.431. The number of nitriles is 1. The smallest absolute Gasteiger partial charge is 0.408 e. The van der Waals surface area contributed by atoms with E-state index in [1.165, 1.54) is 4.90 Å². The Morgan fingerprint density at radius 1 is 1.05 bits per heavy atom. The summed E-state index contributed by atoms with van der Waals surface area (Å²) in [5, 5.41) is 15.3. The molecule has 0 aliphatic heterocycles. The number of aryl methyl sites for hydroxylation is 2. The molecule has 0 fully saturated rings. The number of benzene rings is 2. The Hall–Kier alpha value is -3.86. The van der Waals surface area contributed by atoms with Crippen LogP contribution >= 0.6 is 0 Å². The number of hydrogen-bond donors (Lipinski definition) is 2. The third-order valence-electron chi connectivity index (χ3n) is 6.10. The molecular weight excluding hydrogens is 480 g/mol. The van der Waals surface area contributed by atoms with Crippen molar-refractivity contribution in [1.82, 2.24) is 15.5 Å². The molecule has 3 atom stereocenters. The van der Waals surface area contributed by atoms with Gasteiger partial charge in [-0.25, -0.2) is 4.79 Å². The summed E-state index contributed by atoms with van der Waals surface area (Å²) in [6.07, 6.45) is -0.148. The van der Waals surface area contributed by atoms with E-state index < -0.39 is 35.6 Å².